The van der Waals surface area contributed by atoms with Gasteiger partial charge in [0.15, 0.2) is 0 Å². The van der Waals surface area contributed by atoms with Crippen molar-refractivity contribution in [1.82, 2.24) is 0 Å². The number of primary amides is 1. The third kappa shape index (κ3) is 34.0. The molecule has 0 saturated heterocycles. The molecule has 0 spiro atoms. The van der Waals surface area contributed by atoms with Gasteiger partial charge in [-0.05, 0) is 23.3 Å². The smallest absolute Gasteiger partial charge is 0.402 e. The lowest BCUT2D eigenvalue weighted by Crippen LogP contribution is -2.03. The molecular weight excluding hydrogens is 186 g/mol. The Kier molecular flexibility index (Phi) is 11.3. The molecule has 0 heterocycles. The minimum atomic E-state index is -1.33. The van der Waals surface area contributed by atoms with Gasteiger partial charge < -0.3 is 10.8 Å². The van der Waals surface area contributed by atoms with E-state index in [1.54, 1.807) is 0 Å². The molecule has 0 aromatic heterocycles. The summed E-state index contributed by atoms with van der Waals surface area (Å²) in [6.07, 6.45) is -1.33. The van der Waals surface area contributed by atoms with Crippen LogP contribution in [0.4, 0.5) is 4.79 Å². The highest BCUT2D eigenvalue weighted by Gasteiger charge is 1.95. The lowest BCUT2D eigenvalue weighted by Gasteiger charge is -2.05. The molecule has 0 saturated carbocycles. The van der Waals surface area contributed by atoms with Crippen LogP contribution in [0.2, 0.25) is 0 Å². The molecule has 0 aliphatic carbocycles. The van der Waals surface area contributed by atoms with Crippen molar-refractivity contribution in [3.05, 3.63) is 0 Å². The summed E-state index contributed by atoms with van der Waals surface area (Å²) in [6.45, 7) is 9.08. The number of hydrogen-bond donors (Lipinski definition) is 2. The largest absolute Gasteiger partial charge is 0.465 e. The van der Waals surface area contributed by atoms with Crippen molar-refractivity contribution in [3.8, 4) is 0 Å². The van der Waals surface area contributed by atoms with Gasteiger partial charge in [0.1, 0.15) is 0 Å². The molecule has 3 N–H and O–H groups in total. The van der Waals surface area contributed by atoms with Crippen LogP contribution in [0.1, 0.15) is 27.7 Å². The normalized spacial score (nSPS) is 9.69. The standard InChI is InChI=1S/C8H18S.CH3NO2/c1-7(2)5-9-6-8(3)4;2-1(3)4/h7-8H,5-6H2,1-4H3;2H2,(H,3,4). The van der Waals surface area contributed by atoms with E-state index >= 15 is 0 Å². The second-order valence-corrected chi connectivity index (χ2v) is 4.74. The van der Waals surface area contributed by atoms with Gasteiger partial charge in [-0.15, -0.1) is 0 Å². The molecule has 0 aromatic carbocycles. The zero-order chi connectivity index (χ0) is 10.9. The van der Waals surface area contributed by atoms with Crippen molar-refractivity contribution < 1.29 is 9.90 Å². The Morgan fingerprint density at radius 1 is 1.23 bits per heavy atom. The van der Waals surface area contributed by atoms with Crippen LogP contribution in [0, 0.1) is 11.8 Å². The molecule has 0 rings (SSSR count). The van der Waals surface area contributed by atoms with Gasteiger partial charge in [-0.1, -0.05) is 27.7 Å². The second-order valence-electron chi connectivity index (χ2n) is 3.66. The van der Waals surface area contributed by atoms with Gasteiger partial charge in [0.2, 0.25) is 0 Å². The maximum Gasteiger partial charge on any atom is 0.402 e. The van der Waals surface area contributed by atoms with Gasteiger partial charge in [0.25, 0.3) is 0 Å². The third-order valence-corrected chi connectivity index (χ3v) is 2.71. The number of nitrogens with two attached hydrogens (primary N) is 1. The molecule has 0 unspecified atom stereocenters. The number of hydrogen-bond acceptors (Lipinski definition) is 2. The fourth-order valence-corrected chi connectivity index (χ4v) is 1.62. The van der Waals surface area contributed by atoms with E-state index < -0.39 is 6.09 Å². The van der Waals surface area contributed by atoms with Crippen LogP contribution in [0.25, 0.3) is 0 Å². The molecule has 0 aromatic rings. The van der Waals surface area contributed by atoms with E-state index in [1.165, 1.54) is 11.5 Å². The van der Waals surface area contributed by atoms with Gasteiger partial charge in [-0.2, -0.15) is 11.8 Å². The van der Waals surface area contributed by atoms with Crippen LogP contribution >= 0.6 is 11.8 Å². The topological polar surface area (TPSA) is 63.3 Å². The maximum atomic E-state index is 8.78. The summed E-state index contributed by atoms with van der Waals surface area (Å²) in [5.74, 6) is 4.35. The Morgan fingerprint density at radius 3 is 1.62 bits per heavy atom. The average molecular weight is 207 g/mol. The highest BCUT2D eigenvalue weighted by atomic mass is 32.2. The summed E-state index contributed by atoms with van der Waals surface area (Å²) in [6, 6.07) is 0. The van der Waals surface area contributed by atoms with Crippen LogP contribution in [0.5, 0.6) is 0 Å². The van der Waals surface area contributed by atoms with E-state index in [1.807, 2.05) is 0 Å². The van der Waals surface area contributed by atoms with Crippen LogP contribution in [-0.2, 0) is 0 Å². The first-order valence-corrected chi connectivity index (χ1v) is 5.57. The molecule has 80 valence electrons. The van der Waals surface area contributed by atoms with Gasteiger partial charge >= 0.3 is 6.09 Å². The monoisotopic (exact) mass is 207 g/mol. The van der Waals surface area contributed by atoms with Crippen molar-refractivity contribution in [2.24, 2.45) is 17.6 Å². The van der Waals surface area contributed by atoms with Gasteiger partial charge in [0.05, 0.1) is 0 Å². The van der Waals surface area contributed by atoms with Crippen LogP contribution in [0.3, 0.4) is 0 Å². The van der Waals surface area contributed by atoms with Crippen LogP contribution < -0.4 is 5.73 Å². The highest BCUT2D eigenvalue weighted by Crippen LogP contribution is 2.11. The first-order valence-electron chi connectivity index (χ1n) is 4.42. The summed E-state index contributed by atoms with van der Waals surface area (Å²) in [7, 11) is 0. The predicted octanol–water partition coefficient (Wildman–Crippen LogP) is 2.65. The third-order valence-electron chi connectivity index (χ3n) is 0.902. The molecule has 1 amide bonds. The zero-order valence-electron chi connectivity index (χ0n) is 8.91. The van der Waals surface area contributed by atoms with Crippen molar-refractivity contribution in [2.45, 2.75) is 27.7 Å². The molecule has 0 atom stereocenters. The molecule has 0 aliphatic heterocycles. The molecule has 13 heavy (non-hydrogen) atoms. The second kappa shape index (κ2) is 9.71. The molecule has 0 radical (unpaired) electrons. The van der Waals surface area contributed by atoms with Crippen molar-refractivity contribution in [1.29, 1.82) is 0 Å². The molecule has 3 nitrogen and oxygen atoms in total. The molecule has 0 bridgehead atoms. The van der Waals surface area contributed by atoms with Crippen LogP contribution in [0.15, 0.2) is 0 Å². The molecular formula is C9H21NO2S. The SMILES string of the molecule is CC(C)CSCC(C)C.NC(=O)O. The number of amides is 1. The first kappa shape index (κ1) is 15.1. The number of carbonyl (C=O) groups is 1. The predicted molar refractivity (Wildman–Crippen MR) is 59.2 cm³/mol. The molecule has 4 heteroatoms. The number of rotatable bonds is 4. The zero-order valence-corrected chi connectivity index (χ0v) is 9.73. The summed E-state index contributed by atoms with van der Waals surface area (Å²) >= 11 is 2.07. The summed E-state index contributed by atoms with van der Waals surface area (Å²) < 4.78 is 0. The van der Waals surface area contributed by atoms with Crippen molar-refractivity contribution in [3.63, 3.8) is 0 Å². The quantitative estimate of drug-likeness (QED) is 0.745. The van der Waals surface area contributed by atoms with E-state index in [4.69, 9.17) is 9.90 Å². The van der Waals surface area contributed by atoms with E-state index in [0.29, 0.717) is 0 Å². The molecule has 0 aliphatic rings. The first-order chi connectivity index (χ1) is 5.86. The van der Waals surface area contributed by atoms with Crippen molar-refractivity contribution in [2.75, 3.05) is 11.5 Å². The summed E-state index contributed by atoms with van der Waals surface area (Å²) in [5.41, 5.74) is 4.03. The average Bonchev–Trinajstić information content (AvgIpc) is 1.83. The fourth-order valence-electron chi connectivity index (χ4n) is 0.539. The number of carboxylic acid groups (broad SMARTS) is 1. The maximum absolute atomic E-state index is 8.78. The fraction of sp³-hybridized carbons (Fsp3) is 0.889. The Balaban J connectivity index is 0. The minimum absolute atomic E-state index is 0.855. The lowest BCUT2D eigenvalue weighted by molar-refractivity contribution is 0.205. The van der Waals surface area contributed by atoms with Crippen molar-refractivity contribution >= 4 is 17.9 Å². The highest BCUT2D eigenvalue weighted by molar-refractivity contribution is 7.99. The Bertz CT molecular complexity index is 115. The van der Waals surface area contributed by atoms with E-state index in [0.717, 1.165) is 11.8 Å². The van der Waals surface area contributed by atoms with Crippen LogP contribution in [-0.4, -0.2) is 22.7 Å². The molecule has 0 fully saturated rings. The van der Waals surface area contributed by atoms with E-state index in [9.17, 15) is 0 Å². The van der Waals surface area contributed by atoms with Gasteiger partial charge in [0, 0.05) is 0 Å². The minimum Gasteiger partial charge on any atom is -0.465 e. The Hall–Kier alpha value is -0.380. The summed E-state index contributed by atoms with van der Waals surface area (Å²) in [5, 5.41) is 7.19. The number of thioether (sulfide) groups is 1. The van der Waals surface area contributed by atoms with E-state index in [-0.39, 0.29) is 0 Å². The van der Waals surface area contributed by atoms with Gasteiger partial charge in [-0.3, -0.25) is 0 Å². The Labute approximate surface area is 85.1 Å². The summed E-state index contributed by atoms with van der Waals surface area (Å²) in [4.78, 5) is 8.78. The lowest BCUT2D eigenvalue weighted by atomic mass is 10.3. The van der Waals surface area contributed by atoms with E-state index in [2.05, 4.69) is 45.2 Å². The Morgan fingerprint density at radius 2 is 1.46 bits per heavy atom. The van der Waals surface area contributed by atoms with Gasteiger partial charge in [-0.25, -0.2) is 4.79 Å².